The van der Waals surface area contributed by atoms with Crippen LogP contribution in [-0.4, -0.2) is 9.97 Å². The van der Waals surface area contributed by atoms with Crippen LogP contribution in [0.3, 0.4) is 0 Å². The number of nitriles is 1. The van der Waals surface area contributed by atoms with Gasteiger partial charge >= 0.3 is 0 Å². The molecule has 5 heteroatoms. The van der Waals surface area contributed by atoms with E-state index < -0.39 is 5.56 Å². The largest absolute Gasteiger partial charge is 0.331 e. The van der Waals surface area contributed by atoms with Gasteiger partial charge in [-0.1, -0.05) is 36.4 Å². The normalized spacial score (nSPS) is 10.4. The monoisotopic (exact) mass is 255 g/mol. The molecule has 88 valence electrons. The quantitative estimate of drug-likeness (QED) is 0.810. The van der Waals surface area contributed by atoms with Gasteiger partial charge in [0.05, 0.1) is 5.69 Å². The molecule has 18 heavy (non-hydrogen) atoms. The van der Waals surface area contributed by atoms with E-state index in [1.54, 1.807) is 12.2 Å². The van der Waals surface area contributed by atoms with Crippen LogP contribution in [0, 0.1) is 16.1 Å². The minimum atomic E-state index is -0.478. The summed E-state index contributed by atoms with van der Waals surface area (Å²) in [6, 6.07) is 11.4. The van der Waals surface area contributed by atoms with Crippen molar-refractivity contribution in [2.75, 3.05) is 0 Å². The van der Waals surface area contributed by atoms with Crippen molar-refractivity contribution in [3.8, 4) is 6.07 Å². The van der Waals surface area contributed by atoms with Crippen molar-refractivity contribution < 1.29 is 0 Å². The predicted molar refractivity (Wildman–Crippen MR) is 72.3 cm³/mol. The van der Waals surface area contributed by atoms with E-state index in [0.717, 1.165) is 5.56 Å². The third-order valence-electron chi connectivity index (χ3n) is 2.33. The third kappa shape index (κ3) is 2.62. The van der Waals surface area contributed by atoms with Crippen LogP contribution < -0.4 is 5.56 Å². The Hall–Kier alpha value is -2.45. The highest BCUT2D eigenvalue weighted by Gasteiger charge is 2.04. The van der Waals surface area contributed by atoms with Gasteiger partial charge in [-0.3, -0.25) is 9.78 Å². The minimum absolute atomic E-state index is 0.0239. The molecule has 0 aliphatic heterocycles. The summed E-state index contributed by atoms with van der Waals surface area (Å²) in [5.41, 5.74) is 0.931. The van der Waals surface area contributed by atoms with E-state index in [9.17, 15) is 4.79 Å². The molecule has 0 bridgehead atoms. The molecule has 1 aromatic heterocycles. The lowest BCUT2D eigenvalue weighted by atomic mass is 10.1. The number of hydrogen-bond acceptors (Lipinski definition) is 3. The molecule has 0 saturated heterocycles. The maximum atomic E-state index is 11.5. The van der Waals surface area contributed by atoms with Crippen LogP contribution >= 0.6 is 12.2 Å². The standard InChI is InChI=1S/C13H9N3OS/c14-8-10-11(15-13(18)16-12(10)17)7-6-9-4-2-1-3-5-9/h1-7H,(H2,15,16,17,18). The van der Waals surface area contributed by atoms with Crippen molar-refractivity contribution in [1.82, 2.24) is 9.97 Å². The fourth-order valence-electron chi connectivity index (χ4n) is 1.48. The Kier molecular flexibility index (Phi) is 3.51. The summed E-state index contributed by atoms with van der Waals surface area (Å²) in [5, 5.41) is 8.93. The molecule has 0 saturated carbocycles. The molecular weight excluding hydrogens is 246 g/mol. The Bertz CT molecular complexity index is 735. The first kappa shape index (κ1) is 12.0. The molecule has 2 rings (SSSR count). The lowest BCUT2D eigenvalue weighted by Gasteiger charge is -1.97. The fraction of sp³-hybridized carbons (Fsp3) is 0. The Balaban J connectivity index is 2.48. The first-order valence-corrected chi connectivity index (χ1v) is 5.61. The van der Waals surface area contributed by atoms with E-state index in [1.807, 2.05) is 36.4 Å². The Labute approximate surface area is 108 Å². The lowest BCUT2D eigenvalue weighted by molar-refractivity contribution is 1.06. The minimum Gasteiger partial charge on any atom is -0.331 e. The number of nitrogens with zero attached hydrogens (tertiary/aromatic N) is 1. The molecule has 2 N–H and O–H groups in total. The molecule has 0 aliphatic rings. The zero-order valence-electron chi connectivity index (χ0n) is 9.31. The van der Waals surface area contributed by atoms with Crippen LogP contribution in [0.2, 0.25) is 0 Å². The van der Waals surface area contributed by atoms with E-state index in [4.69, 9.17) is 17.5 Å². The molecule has 0 spiro atoms. The second-order valence-corrected chi connectivity index (χ2v) is 3.96. The molecule has 0 atom stereocenters. The van der Waals surface area contributed by atoms with Gasteiger partial charge in [0.1, 0.15) is 11.6 Å². The van der Waals surface area contributed by atoms with Crippen LogP contribution in [-0.2, 0) is 0 Å². The smallest absolute Gasteiger partial charge is 0.270 e. The van der Waals surface area contributed by atoms with Gasteiger partial charge in [0.15, 0.2) is 4.77 Å². The number of aromatic nitrogens is 2. The number of nitrogens with one attached hydrogen (secondary N) is 2. The van der Waals surface area contributed by atoms with E-state index in [2.05, 4.69) is 9.97 Å². The SMILES string of the molecule is N#Cc1c(C=Cc2ccccc2)[nH]c(=S)[nH]c1=O. The number of benzene rings is 1. The summed E-state index contributed by atoms with van der Waals surface area (Å²) in [7, 11) is 0. The van der Waals surface area contributed by atoms with Crippen molar-refractivity contribution in [1.29, 1.82) is 5.26 Å². The average molecular weight is 255 g/mol. The van der Waals surface area contributed by atoms with Gasteiger partial charge in [0.2, 0.25) is 0 Å². The highest BCUT2D eigenvalue weighted by molar-refractivity contribution is 7.71. The molecule has 2 aromatic rings. The summed E-state index contributed by atoms with van der Waals surface area (Å²) in [6.45, 7) is 0. The van der Waals surface area contributed by atoms with Crippen molar-refractivity contribution >= 4 is 24.4 Å². The Morgan fingerprint density at radius 2 is 1.89 bits per heavy atom. The van der Waals surface area contributed by atoms with Crippen LogP contribution in [0.4, 0.5) is 0 Å². The van der Waals surface area contributed by atoms with Crippen molar-refractivity contribution in [3.05, 3.63) is 62.3 Å². The van der Waals surface area contributed by atoms with E-state index in [0.29, 0.717) is 5.69 Å². The Morgan fingerprint density at radius 3 is 2.56 bits per heavy atom. The summed E-state index contributed by atoms with van der Waals surface area (Å²) >= 11 is 4.87. The van der Waals surface area contributed by atoms with Crippen molar-refractivity contribution in [2.24, 2.45) is 0 Å². The van der Waals surface area contributed by atoms with E-state index in [-0.39, 0.29) is 10.3 Å². The van der Waals surface area contributed by atoms with Gasteiger partial charge < -0.3 is 4.98 Å². The first-order valence-electron chi connectivity index (χ1n) is 5.20. The number of aromatic amines is 2. The summed E-state index contributed by atoms with van der Waals surface area (Å²) in [4.78, 5) is 16.7. The van der Waals surface area contributed by atoms with Gasteiger partial charge in [-0.25, -0.2) is 0 Å². The van der Waals surface area contributed by atoms with Crippen LogP contribution in [0.15, 0.2) is 35.1 Å². The Morgan fingerprint density at radius 1 is 1.17 bits per heavy atom. The molecule has 0 fully saturated rings. The molecule has 1 heterocycles. The maximum Gasteiger partial charge on any atom is 0.270 e. The molecule has 4 nitrogen and oxygen atoms in total. The van der Waals surface area contributed by atoms with Gasteiger partial charge in [0.25, 0.3) is 5.56 Å². The predicted octanol–water partition coefficient (Wildman–Crippen LogP) is 2.47. The highest BCUT2D eigenvalue weighted by atomic mass is 32.1. The number of rotatable bonds is 2. The zero-order valence-corrected chi connectivity index (χ0v) is 10.1. The molecule has 0 amide bonds. The average Bonchev–Trinajstić information content (AvgIpc) is 2.37. The molecule has 0 unspecified atom stereocenters. The molecule has 0 radical (unpaired) electrons. The van der Waals surface area contributed by atoms with Gasteiger partial charge in [-0.05, 0) is 23.9 Å². The van der Waals surface area contributed by atoms with Gasteiger partial charge in [-0.2, -0.15) is 5.26 Å². The van der Waals surface area contributed by atoms with Crippen molar-refractivity contribution in [3.63, 3.8) is 0 Å². The third-order valence-corrected chi connectivity index (χ3v) is 2.53. The number of H-pyrrole nitrogens is 2. The van der Waals surface area contributed by atoms with E-state index in [1.165, 1.54) is 0 Å². The molecule has 1 aromatic carbocycles. The summed E-state index contributed by atoms with van der Waals surface area (Å²) in [6.07, 6.45) is 3.47. The second-order valence-electron chi connectivity index (χ2n) is 3.55. The number of hydrogen-bond donors (Lipinski definition) is 2. The van der Waals surface area contributed by atoms with Gasteiger partial charge in [-0.15, -0.1) is 0 Å². The molecule has 0 aliphatic carbocycles. The van der Waals surface area contributed by atoms with E-state index >= 15 is 0 Å². The van der Waals surface area contributed by atoms with Crippen LogP contribution in [0.1, 0.15) is 16.8 Å². The first-order chi connectivity index (χ1) is 8.70. The van der Waals surface area contributed by atoms with Crippen LogP contribution in [0.5, 0.6) is 0 Å². The van der Waals surface area contributed by atoms with Gasteiger partial charge in [0, 0.05) is 0 Å². The van der Waals surface area contributed by atoms with Crippen LogP contribution in [0.25, 0.3) is 12.2 Å². The summed E-state index contributed by atoms with van der Waals surface area (Å²) < 4.78 is 0.201. The fourth-order valence-corrected chi connectivity index (χ4v) is 1.69. The van der Waals surface area contributed by atoms with Crippen molar-refractivity contribution in [2.45, 2.75) is 0 Å². The highest BCUT2D eigenvalue weighted by Crippen LogP contribution is 2.07. The lowest BCUT2D eigenvalue weighted by Crippen LogP contribution is -2.13. The molecular formula is C13H9N3OS. The topological polar surface area (TPSA) is 72.4 Å². The zero-order chi connectivity index (χ0) is 13.0. The maximum absolute atomic E-state index is 11.5. The summed E-state index contributed by atoms with van der Waals surface area (Å²) in [5.74, 6) is 0. The second kappa shape index (κ2) is 5.25.